The van der Waals surface area contributed by atoms with E-state index in [4.69, 9.17) is 18.4 Å². The molecule has 0 fully saturated rings. The predicted molar refractivity (Wildman–Crippen MR) is 101 cm³/mol. The van der Waals surface area contributed by atoms with Crippen LogP contribution in [0.5, 0.6) is 5.75 Å². The molecule has 0 saturated carbocycles. The normalized spacial score (nSPS) is 10.9. The van der Waals surface area contributed by atoms with Gasteiger partial charge in [0.2, 0.25) is 5.82 Å². The summed E-state index contributed by atoms with van der Waals surface area (Å²) in [6.07, 6.45) is 0. The molecule has 2 heterocycles. The van der Waals surface area contributed by atoms with Crippen molar-refractivity contribution in [3.63, 3.8) is 0 Å². The maximum absolute atomic E-state index is 11.9. The summed E-state index contributed by atoms with van der Waals surface area (Å²) >= 11 is 1.16. The molecule has 9 heteroatoms. The number of methoxy groups -OCH3 is 1. The van der Waals surface area contributed by atoms with Crippen LogP contribution in [-0.4, -0.2) is 34.0 Å². The number of hydrogen-bond acceptors (Lipinski definition) is 9. The summed E-state index contributed by atoms with van der Waals surface area (Å²) in [6.45, 7) is -0.107. The molecule has 0 bridgehead atoms. The lowest BCUT2D eigenvalue weighted by atomic mass is 10.2. The van der Waals surface area contributed by atoms with Gasteiger partial charge in [-0.2, -0.15) is 4.98 Å². The zero-order valence-corrected chi connectivity index (χ0v) is 15.6. The topological polar surface area (TPSA) is 100 Å². The van der Waals surface area contributed by atoms with E-state index in [0.717, 1.165) is 22.8 Å². The van der Waals surface area contributed by atoms with Gasteiger partial charge >= 0.3 is 5.97 Å². The first kappa shape index (κ1) is 18.1. The second-order valence-corrected chi connectivity index (χ2v) is 6.57. The summed E-state index contributed by atoms with van der Waals surface area (Å²) in [5.74, 6) is 0.910. The molecule has 0 saturated heterocycles. The number of fused-ring (bicyclic) bond motifs is 1. The van der Waals surface area contributed by atoms with Crippen LogP contribution >= 0.6 is 11.8 Å². The van der Waals surface area contributed by atoms with Crippen molar-refractivity contribution in [2.24, 2.45) is 0 Å². The largest absolute Gasteiger partial charge is 0.497 e. The number of ether oxygens (including phenoxy) is 2. The van der Waals surface area contributed by atoms with Gasteiger partial charge in [0, 0.05) is 5.56 Å². The summed E-state index contributed by atoms with van der Waals surface area (Å²) in [5.41, 5.74) is 2.16. The lowest BCUT2D eigenvalue weighted by molar-refractivity contribution is -0.142. The number of nitrogens with zero attached hydrogens (tertiary/aromatic N) is 3. The SMILES string of the molecule is COc1cccc(-c2noc(COC(=O)CSc3nc4ccccc4o3)n2)c1. The molecule has 0 aliphatic carbocycles. The van der Waals surface area contributed by atoms with E-state index in [1.807, 2.05) is 42.5 Å². The van der Waals surface area contributed by atoms with Crippen molar-refractivity contribution in [1.82, 2.24) is 15.1 Å². The minimum atomic E-state index is -0.437. The Kier molecular flexibility index (Phi) is 5.24. The van der Waals surface area contributed by atoms with E-state index in [9.17, 15) is 4.79 Å². The Hall–Kier alpha value is -3.33. The van der Waals surface area contributed by atoms with Crippen LogP contribution in [0.25, 0.3) is 22.5 Å². The highest BCUT2D eigenvalue weighted by atomic mass is 32.2. The number of rotatable bonds is 7. The lowest BCUT2D eigenvalue weighted by Crippen LogP contribution is -2.07. The lowest BCUT2D eigenvalue weighted by Gasteiger charge is -2.00. The number of aromatic nitrogens is 3. The third-order valence-electron chi connectivity index (χ3n) is 3.74. The molecule has 0 atom stereocenters. The Morgan fingerprint density at radius 1 is 1.14 bits per heavy atom. The van der Waals surface area contributed by atoms with Crippen molar-refractivity contribution >= 4 is 28.8 Å². The minimum Gasteiger partial charge on any atom is -0.497 e. The summed E-state index contributed by atoms with van der Waals surface area (Å²) in [4.78, 5) is 20.5. The van der Waals surface area contributed by atoms with Crippen molar-refractivity contribution in [3.05, 3.63) is 54.4 Å². The average Bonchev–Trinajstić information content (AvgIpc) is 3.37. The van der Waals surface area contributed by atoms with Gasteiger partial charge in [-0.25, -0.2) is 4.98 Å². The third kappa shape index (κ3) is 4.15. The molecule has 0 unspecified atom stereocenters. The quantitative estimate of drug-likeness (QED) is 0.341. The van der Waals surface area contributed by atoms with Crippen LogP contribution in [0.4, 0.5) is 0 Å². The fourth-order valence-electron chi connectivity index (χ4n) is 2.41. The van der Waals surface area contributed by atoms with E-state index in [0.29, 0.717) is 22.4 Å². The number of carbonyl (C=O) groups is 1. The Balaban J connectivity index is 1.30. The van der Waals surface area contributed by atoms with Crippen LogP contribution in [0.15, 0.2) is 62.7 Å². The third-order valence-corrected chi connectivity index (χ3v) is 4.54. The molecule has 4 rings (SSSR count). The number of hydrogen-bond donors (Lipinski definition) is 0. The standard InChI is InChI=1S/C19H15N3O5S/c1-24-13-6-4-5-12(9-13)18-21-16(27-22-18)10-25-17(23)11-28-19-20-14-7-2-3-8-15(14)26-19/h2-9H,10-11H2,1H3. The minimum absolute atomic E-state index is 0.0592. The molecule has 2 aromatic carbocycles. The summed E-state index contributed by atoms with van der Waals surface area (Å²) < 4.78 is 21.0. The highest BCUT2D eigenvalue weighted by molar-refractivity contribution is 7.99. The van der Waals surface area contributed by atoms with E-state index >= 15 is 0 Å². The molecule has 0 aliphatic heterocycles. The maximum Gasteiger partial charge on any atom is 0.316 e. The summed E-state index contributed by atoms with van der Waals surface area (Å²) in [7, 11) is 1.58. The first-order valence-corrected chi connectivity index (χ1v) is 9.31. The summed E-state index contributed by atoms with van der Waals surface area (Å²) in [6, 6.07) is 14.7. The summed E-state index contributed by atoms with van der Waals surface area (Å²) in [5, 5.41) is 4.31. The number of esters is 1. The second-order valence-electron chi connectivity index (χ2n) is 5.64. The predicted octanol–water partition coefficient (Wildman–Crippen LogP) is 3.72. The van der Waals surface area contributed by atoms with Crippen LogP contribution in [0.2, 0.25) is 0 Å². The van der Waals surface area contributed by atoms with Crippen molar-refractivity contribution in [2.75, 3.05) is 12.9 Å². The fourth-order valence-corrected chi connectivity index (χ4v) is 3.05. The van der Waals surface area contributed by atoms with Crippen LogP contribution < -0.4 is 4.74 Å². The number of para-hydroxylation sites is 2. The van der Waals surface area contributed by atoms with E-state index < -0.39 is 5.97 Å². The molecular formula is C19H15N3O5S. The van der Waals surface area contributed by atoms with Crippen molar-refractivity contribution in [2.45, 2.75) is 11.8 Å². The van der Waals surface area contributed by atoms with Gasteiger partial charge < -0.3 is 18.4 Å². The number of carbonyl (C=O) groups excluding carboxylic acids is 1. The Bertz CT molecular complexity index is 1070. The van der Waals surface area contributed by atoms with Gasteiger partial charge in [-0.15, -0.1) is 0 Å². The van der Waals surface area contributed by atoms with Crippen molar-refractivity contribution in [3.8, 4) is 17.1 Å². The Labute approximate surface area is 163 Å². The Morgan fingerprint density at radius 2 is 2.04 bits per heavy atom. The molecule has 0 aliphatic rings. The van der Waals surface area contributed by atoms with Gasteiger partial charge in [0.25, 0.3) is 11.1 Å². The smallest absolute Gasteiger partial charge is 0.316 e. The molecular weight excluding hydrogens is 382 g/mol. The Morgan fingerprint density at radius 3 is 2.89 bits per heavy atom. The first-order chi connectivity index (χ1) is 13.7. The molecule has 142 valence electrons. The zero-order chi connectivity index (χ0) is 19.3. The number of thioether (sulfide) groups is 1. The first-order valence-electron chi connectivity index (χ1n) is 8.32. The van der Waals surface area contributed by atoms with Crippen molar-refractivity contribution < 1.29 is 23.2 Å². The van der Waals surface area contributed by atoms with E-state index in [2.05, 4.69) is 15.1 Å². The molecule has 8 nitrogen and oxygen atoms in total. The van der Waals surface area contributed by atoms with Gasteiger partial charge in [-0.3, -0.25) is 4.79 Å². The molecule has 4 aromatic rings. The molecule has 28 heavy (non-hydrogen) atoms. The van der Waals surface area contributed by atoms with Crippen LogP contribution in [0.1, 0.15) is 5.89 Å². The van der Waals surface area contributed by atoms with Crippen LogP contribution in [0, 0.1) is 0 Å². The average molecular weight is 397 g/mol. The van der Waals surface area contributed by atoms with Crippen molar-refractivity contribution in [1.29, 1.82) is 0 Å². The van der Waals surface area contributed by atoms with Gasteiger partial charge in [0.1, 0.15) is 17.0 Å². The fraction of sp³-hybridized carbons (Fsp3) is 0.158. The van der Waals surface area contributed by atoms with Gasteiger partial charge in [-0.05, 0) is 24.3 Å². The van der Waals surface area contributed by atoms with E-state index in [-0.39, 0.29) is 18.3 Å². The van der Waals surface area contributed by atoms with Gasteiger partial charge in [0.05, 0.1) is 7.11 Å². The highest BCUT2D eigenvalue weighted by Crippen LogP contribution is 2.24. The molecule has 2 aromatic heterocycles. The van der Waals surface area contributed by atoms with E-state index in [1.54, 1.807) is 13.2 Å². The second kappa shape index (κ2) is 8.13. The van der Waals surface area contributed by atoms with Crippen LogP contribution in [0.3, 0.4) is 0 Å². The molecule has 0 radical (unpaired) electrons. The van der Waals surface area contributed by atoms with Gasteiger partial charge in [-0.1, -0.05) is 41.2 Å². The number of benzene rings is 2. The zero-order valence-electron chi connectivity index (χ0n) is 14.8. The molecule has 0 spiro atoms. The van der Waals surface area contributed by atoms with Gasteiger partial charge in [0.15, 0.2) is 12.2 Å². The molecule has 0 N–H and O–H groups in total. The number of oxazole rings is 1. The van der Waals surface area contributed by atoms with Crippen LogP contribution in [-0.2, 0) is 16.1 Å². The monoisotopic (exact) mass is 397 g/mol. The molecule has 0 amide bonds. The van der Waals surface area contributed by atoms with E-state index in [1.165, 1.54) is 0 Å². The maximum atomic E-state index is 11.9. The highest BCUT2D eigenvalue weighted by Gasteiger charge is 2.13.